The molecule has 0 radical (unpaired) electrons. The molecule has 1 amide bonds. The van der Waals surface area contributed by atoms with Gasteiger partial charge in [0.1, 0.15) is 11.5 Å². The first-order chi connectivity index (χ1) is 15.1. The van der Waals surface area contributed by atoms with Crippen molar-refractivity contribution in [2.75, 3.05) is 70.4 Å². The zero-order valence-corrected chi connectivity index (χ0v) is 18.6. The summed E-state index contributed by atoms with van der Waals surface area (Å²) in [7, 11) is 0. The molecule has 168 valence electrons. The minimum absolute atomic E-state index is 0.236. The van der Waals surface area contributed by atoms with Crippen LogP contribution in [-0.4, -0.2) is 91.3 Å². The number of amides is 1. The smallest absolute Gasteiger partial charge is 0.236 e. The van der Waals surface area contributed by atoms with Crippen molar-refractivity contribution in [3.05, 3.63) is 41.8 Å². The number of rotatable bonds is 7. The number of hydrogen-bond donors (Lipinski definition) is 0. The zero-order valence-electron chi connectivity index (χ0n) is 18.6. The lowest BCUT2D eigenvalue weighted by Gasteiger charge is -2.38. The normalized spacial score (nSPS) is 18.4. The molecule has 0 saturated carbocycles. The summed E-state index contributed by atoms with van der Waals surface area (Å²) in [6.07, 6.45) is 0. The number of hydrogen-bond acceptors (Lipinski definition) is 7. The molecule has 0 unspecified atom stereocenters. The second kappa shape index (κ2) is 10.2. The highest BCUT2D eigenvalue weighted by molar-refractivity contribution is 5.78. The summed E-state index contributed by atoms with van der Waals surface area (Å²) in [6.45, 7) is 12.7. The van der Waals surface area contributed by atoms with Gasteiger partial charge in [-0.15, -0.1) is 0 Å². The second-order valence-electron chi connectivity index (χ2n) is 8.25. The van der Waals surface area contributed by atoms with Crippen LogP contribution in [0.1, 0.15) is 18.4 Å². The van der Waals surface area contributed by atoms with Crippen molar-refractivity contribution in [1.82, 2.24) is 19.9 Å². The van der Waals surface area contributed by atoms with Crippen LogP contribution in [0.15, 0.2) is 34.9 Å². The first kappa shape index (κ1) is 21.6. The largest absolute Gasteiger partial charge is 0.492 e. The number of anilines is 1. The molecule has 2 aromatic rings. The lowest BCUT2D eigenvalue weighted by Crippen LogP contribution is -2.53. The van der Waals surface area contributed by atoms with Gasteiger partial charge in [0, 0.05) is 65.0 Å². The Labute approximate surface area is 184 Å². The van der Waals surface area contributed by atoms with Crippen molar-refractivity contribution in [2.45, 2.75) is 20.4 Å². The number of benzene rings is 1. The molecule has 1 aromatic heterocycles. The van der Waals surface area contributed by atoms with Gasteiger partial charge in [0.15, 0.2) is 0 Å². The lowest BCUT2D eigenvalue weighted by molar-refractivity contribution is -0.134. The maximum atomic E-state index is 12.8. The molecular weight excluding hydrogens is 394 g/mol. The number of carbonyl (C=O) groups excluding carboxylic acids is 1. The molecule has 4 rings (SSSR count). The Hall–Kier alpha value is -2.58. The number of ether oxygens (including phenoxy) is 1. The minimum atomic E-state index is 0.236. The summed E-state index contributed by atoms with van der Waals surface area (Å²) in [6, 6.07) is 10.2. The van der Waals surface area contributed by atoms with Gasteiger partial charge in [-0.25, -0.2) is 0 Å². The van der Waals surface area contributed by atoms with Crippen LogP contribution in [0.2, 0.25) is 0 Å². The highest BCUT2D eigenvalue weighted by atomic mass is 16.5. The third-order valence-corrected chi connectivity index (χ3v) is 6.02. The number of piperazine rings is 2. The number of para-hydroxylation sites is 2. The van der Waals surface area contributed by atoms with E-state index >= 15 is 0 Å². The van der Waals surface area contributed by atoms with E-state index in [9.17, 15) is 4.79 Å². The Morgan fingerprint density at radius 1 is 1.03 bits per heavy atom. The van der Waals surface area contributed by atoms with E-state index in [1.54, 1.807) is 0 Å². The van der Waals surface area contributed by atoms with Crippen LogP contribution >= 0.6 is 0 Å². The van der Waals surface area contributed by atoms with Crippen molar-refractivity contribution >= 4 is 11.6 Å². The van der Waals surface area contributed by atoms with Crippen molar-refractivity contribution < 1.29 is 14.1 Å². The van der Waals surface area contributed by atoms with Crippen LogP contribution in [0.25, 0.3) is 0 Å². The molecule has 0 N–H and O–H groups in total. The first-order valence-electron chi connectivity index (χ1n) is 11.2. The zero-order chi connectivity index (χ0) is 21.6. The second-order valence-corrected chi connectivity index (χ2v) is 8.25. The van der Waals surface area contributed by atoms with E-state index in [2.05, 4.69) is 32.0 Å². The molecule has 0 aliphatic carbocycles. The Balaban J connectivity index is 1.21. The fourth-order valence-corrected chi connectivity index (χ4v) is 4.31. The van der Waals surface area contributed by atoms with Gasteiger partial charge in [-0.3, -0.25) is 14.6 Å². The molecule has 2 fully saturated rings. The van der Waals surface area contributed by atoms with Gasteiger partial charge in [-0.2, -0.15) is 0 Å². The van der Waals surface area contributed by atoms with Crippen molar-refractivity contribution in [1.29, 1.82) is 0 Å². The molecule has 2 saturated heterocycles. The third-order valence-electron chi connectivity index (χ3n) is 6.02. The van der Waals surface area contributed by atoms with Crippen LogP contribution in [-0.2, 0) is 11.3 Å². The van der Waals surface area contributed by atoms with Crippen molar-refractivity contribution in [3.63, 3.8) is 0 Å². The number of aryl methyl sites for hydroxylation is 1. The average Bonchev–Trinajstić information content (AvgIpc) is 3.20. The van der Waals surface area contributed by atoms with Crippen LogP contribution in [0.5, 0.6) is 5.75 Å². The third kappa shape index (κ3) is 5.57. The Bertz CT molecular complexity index is 854. The SMILES string of the molecule is CCOc1ccccc1N1CCN(CC(=O)N2CCN(Cc3cc(C)on3)CC2)CC1. The highest BCUT2D eigenvalue weighted by Crippen LogP contribution is 2.28. The summed E-state index contributed by atoms with van der Waals surface area (Å²) in [5.41, 5.74) is 2.11. The quantitative estimate of drug-likeness (QED) is 0.668. The lowest BCUT2D eigenvalue weighted by atomic mass is 10.2. The maximum absolute atomic E-state index is 12.8. The van der Waals surface area contributed by atoms with E-state index in [1.807, 2.05) is 36.9 Å². The van der Waals surface area contributed by atoms with Gasteiger partial charge in [0.05, 0.1) is 24.5 Å². The van der Waals surface area contributed by atoms with E-state index in [1.165, 1.54) is 0 Å². The minimum Gasteiger partial charge on any atom is -0.492 e. The van der Waals surface area contributed by atoms with E-state index in [0.29, 0.717) is 13.2 Å². The van der Waals surface area contributed by atoms with Gasteiger partial charge >= 0.3 is 0 Å². The molecule has 2 aliphatic rings. The fraction of sp³-hybridized carbons (Fsp3) is 0.565. The molecule has 0 spiro atoms. The van der Waals surface area contributed by atoms with E-state index in [0.717, 1.165) is 81.8 Å². The van der Waals surface area contributed by atoms with E-state index in [-0.39, 0.29) is 5.91 Å². The fourth-order valence-electron chi connectivity index (χ4n) is 4.31. The Morgan fingerprint density at radius 3 is 2.42 bits per heavy atom. The number of nitrogens with zero attached hydrogens (tertiary/aromatic N) is 5. The molecule has 1 aromatic carbocycles. The van der Waals surface area contributed by atoms with E-state index < -0.39 is 0 Å². The summed E-state index contributed by atoms with van der Waals surface area (Å²) in [5, 5.41) is 4.07. The molecule has 0 atom stereocenters. The molecule has 2 aliphatic heterocycles. The van der Waals surface area contributed by atoms with Crippen molar-refractivity contribution in [3.8, 4) is 5.75 Å². The average molecular weight is 428 g/mol. The first-order valence-corrected chi connectivity index (χ1v) is 11.2. The van der Waals surface area contributed by atoms with Gasteiger partial charge in [0.2, 0.25) is 5.91 Å². The predicted molar refractivity (Wildman–Crippen MR) is 119 cm³/mol. The summed E-state index contributed by atoms with van der Waals surface area (Å²) >= 11 is 0. The Kier molecular flexibility index (Phi) is 7.09. The van der Waals surface area contributed by atoms with Crippen LogP contribution in [0.4, 0.5) is 5.69 Å². The standard InChI is InChI=1S/C23H33N5O3/c1-3-30-22-7-5-4-6-21(22)27-12-8-26(9-13-27)18-23(29)28-14-10-25(11-15-28)17-20-16-19(2)31-24-20/h4-7,16H,3,8-15,17-18H2,1-2H3. The monoisotopic (exact) mass is 427 g/mol. The molecular formula is C23H33N5O3. The maximum Gasteiger partial charge on any atom is 0.236 e. The van der Waals surface area contributed by atoms with Gasteiger partial charge in [-0.05, 0) is 26.0 Å². The van der Waals surface area contributed by atoms with Crippen molar-refractivity contribution in [2.24, 2.45) is 0 Å². The van der Waals surface area contributed by atoms with Gasteiger partial charge in [0.25, 0.3) is 0 Å². The molecule has 8 heteroatoms. The number of carbonyl (C=O) groups is 1. The summed E-state index contributed by atoms with van der Waals surface area (Å²) in [5.74, 6) is 2.01. The summed E-state index contributed by atoms with van der Waals surface area (Å²) < 4.78 is 10.9. The summed E-state index contributed by atoms with van der Waals surface area (Å²) in [4.78, 5) is 21.8. The van der Waals surface area contributed by atoms with Crippen LogP contribution in [0.3, 0.4) is 0 Å². The predicted octanol–water partition coefficient (Wildman–Crippen LogP) is 1.85. The molecule has 3 heterocycles. The highest BCUT2D eigenvalue weighted by Gasteiger charge is 2.26. The van der Waals surface area contributed by atoms with Gasteiger partial charge in [-0.1, -0.05) is 17.3 Å². The Morgan fingerprint density at radius 2 is 1.74 bits per heavy atom. The molecule has 31 heavy (non-hydrogen) atoms. The number of aromatic nitrogens is 1. The molecule has 8 nitrogen and oxygen atoms in total. The van der Waals surface area contributed by atoms with Gasteiger partial charge < -0.3 is 19.1 Å². The topological polar surface area (TPSA) is 65.3 Å². The van der Waals surface area contributed by atoms with Crippen LogP contribution < -0.4 is 9.64 Å². The van der Waals surface area contributed by atoms with Crippen LogP contribution in [0, 0.1) is 6.92 Å². The molecule has 0 bridgehead atoms. The van der Waals surface area contributed by atoms with E-state index in [4.69, 9.17) is 9.26 Å².